The summed E-state index contributed by atoms with van der Waals surface area (Å²) in [5.74, 6) is 2.25. The number of halogens is 1. The molecule has 25 heavy (non-hydrogen) atoms. The Hall–Kier alpha value is -1.02. The molecule has 0 saturated carbocycles. The van der Waals surface area contributed by atoms with E-state index < -0.39 is 0 Å². The van der Waals surface area contributed by atoms with Crippen molar-refractivity contribution in [2.75, 3.05) is 26.3 Å². The van der Waals surface area contributed by atoms with E-state index in [2.05, 4.69) is 41.9 Å². The second-order valence-electron chi connectivity index (χ2n) is 7.08. The third-order valence-corrected chi connectivity index (χ3v) is 4.80. The highest BCUT2D eigenvalue weighted by Gasteiger charge is 2.20. The fourth-order valence-corrected chi connectivity index (χ4v) is 3.35. The Bertz CT molecular complexity index is 588. The Morgan fingerprint density at radius 2 is 2.24 bits per heavy atom. The Labute approximate surface area is 168 Å². The Balaban J connectivity index is 0.00000225. The van der Waals surface area contributed by atoms with Gasteiger partial charge in [-0.3, -0.25) is 0 Å². The van der Waals surface area contributed by atoms with Crippen LogP contribution in [0.3, 0.4) is 0 Å². The van der Waals surface area contributed by atoms with Crippen molar-refractivity contribution >= 4 is 29.9 Å². The first-order chi connectivity index (χ1) is 11.6. The monoisotopic (exact) mass is 459 g/mol. The van der Waals surface area contributed by atoms with Crippen molar-refractivity contribution in [3.63, 3.8) is 0 Å². The first-order valence-electron chi connectivity index (χ1n) is 9.00. The number of nitrogens with zero attached hydrogens (tertiary/aromatic N) is 2. The molecular weight excluding hydrogens is 429 g/mol. The van der Waals surface area contributed by atoms with E-state index in [0.29, 0.717) is 25.0 Å². The van der Waals surface area contributed by atoms with Crippen LogP contribution >= 0.6 is 24.0 Å². The van der Waals surface area contributed by atoms with Crippen molar-refractivity contribution < 1.29 is 9.47 Å². The van der Waals surface area contributed by atoms with E-state index >= 15 is 0 Å². The molecule has 6 heteroatoms. The largest absolute Gasteiger partial charge is 0.488 e. The highest BCUT2D eigenvalue weighted by atomic mass is 127. The summed E-state index contributed by atoms with van der Waals surface area (Å²) in [6.07, 6.45) is 3.57. The molecule has 0 aliphatic carbocycles. The maximum absolute atomic E-state index is 6.22. The van der Waals surface area contributed by atoms with Crippen LogP contribution in [0.2, 0.25) is 0 Å². The topological polar surface area (TPSA) is 60.1 Å². The quantitative estimate of drug-likeness (QED) is 0.427. The molecule has 5 nitrogen and oxygen atoms in total. The van der Waals surface area contributed by atoms with Crippen molar-refractivity contribution in [3.05, 3.63) is 29.3 Å². The molecule has 1 aromatic carbocycles. The number of hydrogen-bond donors (Lipinski definition) is 1. The van der Waals surface area contributed by atoms with E-state index in [1.165, 1.54) is 18.4 Å². The van der Waals surface area contributed by atoms with Crippen molar-refractivity contribution in [1.29, 1.82) is 0 Å². The highest BCUT2D eigenvalue weighted by Crippen LogP contribution is 2.25. The molecule has 2 fully saturated rings. The zero-order valence-electron chi connectivity index (χ0n) is 15.2. The van der Waals surface area contributed by atoms with Gasteiger partial charge in [0.25, 0.3) is 0 Å². The lowest BCUT2D eigenvalue weighted by Gasteiger charge is -2.31. The van der Waals surface area contributed by atoms with Crippen LogP contribution in [0.1, 0.15) is 37.3 Å². The van der Waals surface area contributed by atoms with Crippen LogP contribution in [-0.2, 0) is 11.3 Å². The molecule has 2 aliphatic rings. The molecule has 2 aliphatic heterocycles. The van der Waals surface area contributed by atoms with E-state index in [1.807, 2.05) is 0 Å². The van der Waals surface area contributed by atoms with Gasteiger partial charge in [0.2, 0.25) is 0 Å². The fourth-order valence-electron chi connectivity index (χ4n) is 3.35. The van der Waals surface area contributed by atoms with Gasteiger partial charge in [0, 0.05) is 25.1 Å². The summed E-state index contributed by atoms with van der Waals surface area (Å²) >= 11 is 0. The third kappa shape index (κ3) is 5.74. The summed E-state index contributed by atoms with van der Waals surface area (Å²) in [6.45, 7) is 8.38. The SMILES string of the molecule is Cc1ccc(CN=C(N)N2CCCC(C)C2)c(OC2CCOC2)c1.I. The number of guanidine groups is 1. The molecular formula is C19H30IN3O2. The number of ether oxygens (including phenoxy) is 2. The first-order valence-corrected chi connectivity index (χ1v) is 9.00. The lowest BCUT2D eigenvalue weighted by molar-refractivity contribution is 0.140. The van der Waals surface area contributed by atoms with Crippen molar-refractivity contribution in [2.24, 2.45) is 16.6 Å². The predicted octanol–water partition coefficient (Wildman–Crippen LogP) is 3.33. The van der Waals surface area contributed by atoms with Gasteiger partial charge in [-0.25, -0.2) is 4.99 Å². The molecule has 2 unspecified atom stereocenters. The minimum absolute atomic E-state index is 0. The number of aryl methyl sites for hydroxylation is 1. The Kier molecular flexibility index (Phi) is 7.81. The van der Waals surface area contributed by atoms with Crippen molar-refractivity contribution in [3.8, 4) is 5.75 Å². The summed E-state index contributed by atoms with van der Waals surface area (Å²) in [4.78, 5) is 6.83. The van der Waals surface area contributed by atoms with E-state index in [9.17, 15) is 0 Å². The van der Waals surface area contributed by atoms with E-state index in [1.54, 1.807) is 0 Å². The number of rotatable bonds is 4. The smallest absolute Gasteiger partial charge is 0.191 e. The second-order valence-corrected chi connectivity index (χ2v) is 7.08. The molecule has 2 heterocycles. The van der Waals surface area contributed by atoms with Gasteiger partial charge in [0.05, 0.1) is 19.8 Å². The van der Waals surface area contributed by atoms with Crippen LogP contribution in [0.15, 0.2) is 23.2 Å². The van der Waals surface area contributed by atoms with Gasteiger partial charge in [-0.2, -0.15) is 0 Å². The molecule has 0 radical (unpaired) electrons. The number of hydrogen-bond acceptors (Lipinski definition) is 3. The molecule has 0 aromatic heterocycles. The molecule has 0 amide bonds. The molecule has 1 aromatic rings. The molecule has 2 N–H and O–H groups in total. The van der Waals surface area contributed by atoms with E-state index in [-0.39, 0.29) is 30.1 Å². The summed E-state index contributed by atoms with van der Waals surface area (Å²) in [5, 5.41) is 0. The zero-order valence-corrected chi connectivity index (χ0v) is 17.6. The Morgan fingerprint density at radius 3 is 2.96 bits per heavy atom. The summed E-state index contributed by atoms with van der Waals surface area (Å²) in [6, 6.07) is 6.28. The average molecular weight is 459 g/mol. The average Bonchev–Trinajstić information content (AvgIpc) is 3.07. The van der Waals surface area contributed by atoms with Gasteiger partial charge in [-0.05, 0) is 37.3 Å². The third-order valence-electron chi connectivity index (χ3n) is 4.80. The predicted molar refractivity (Wildman–Crippen MR) is 112 cm³/mol. The van der Waals surface area contributed by atoms with Crippen LogP contribution < -0.4 is 10.5 Å². The van der Waals surface area contributed by atoms with E-state index in [0.717, 1.165) is 37.4 Å². The molecule has 2 atom stereocenters. The fraction of sp³-hybridized carbons (Fsp3) is 0.632. The number of likely N-dealkylation sites (tertiary alicyclic amines) is 1. The van der Waals surface area contributed by atoms with Crippen molar-refractivity contribution in [2.45, 2.75) is 45.8 Å². The molecule has 0 spiro atoms. The van der Waals surface area contributed by atoms with Gasteiger partial charge in [-0.15, -0.1) is 24.0 Å². The van der Waals surface area contributed by atoms with Crippen molar-refractivity contribution in [1.82, 2.24) is 4.90 Å². The summed E-state index contributed by atoms with van der Waals surface area (Å²) in [5.41, 5.74) is 8.49. The molecule has 140 valence electrons. The molecule has 2 saturated heterocycles. The summed E-state index contributed by atoms with van der Waals surface area (Å²) < 4.78 is 11.5. The maximum atomic E-state index is 6.22. The van der Waals surface area contributed by atoms with Crippen LogP contribution in [0, 0.1) is 12.8 Å². The molecule has 3 rings (SSSR count). The van der Waals surface area contributed by atoms with Crippen LogP contribution in [0.4, 0.5) is 0 Å². The minimum atomic E-state index is 0. The van der Waals surface area contributed by atoms with Crippen LogP contribution in [0.5, 0.6) is 5.75 Å². The second kappa shape index (κ2) is 9.62. The van der Waals surface area contributed by atoms with Crippen LogP contribution in [-0.4, -0.2) is 43.3 Å². The highest BCUT2D eigenvalue weighted by molar-refractivity contribution is 14.0. The zero-order chi connectivity index (χ0) is 16.9. The van der Waals surface area contributed by atoms with Gasteiger partial charge in [-0.1, -0.05) is 19.1 Å². The normalized spacial score (nSPS) is 24.1. The lowest BCUT2D eigenvalue weighted by Crippen LogP contribution is -2.43. The first kappa shape index (κ1) is 20.3. The van der Waals surface area contributed by atoms with E-state index in [4.69, 9.17) is 15.2 Å². The Morgan fingerprint density at radius 1 is 1.40 bits per heavy atom. The number of nitrogens with two attached hydrogens (primary N) is 1. The lowest BCUT2D eigenvalue weighted by atomic mass is 10.0. The van der Waals surface area contributed by atoms with Crippen LogP contribution in [0.25, 0.3) is 0 Å². The number of aliphatic imine (C=N–C) groups is 1. The number of piperidine rings is 1. The van der Waals surface area contributed by atoms with Gasteiger partial charge in [0.15, 0.2) is 5.96 Å². The number of benzene rings is 1. The summed E-state index contributed by atoms with van der Waals surface area (Å²) in [7, 11) is 0. The maximum Gasteiger partial charge on any atom is 0.191 e. The minimum Gasteiger partial charge on any atom is -0.488 e. The standard InChI is InChI=1S/C19H29N3O2.HI/c1-14-5-6-16(18(10-14)24-17-7-9-23-13-17)11-21-19(20)22-8-3-4-15(2)12-22;/h5-6,10,15,17H,3-4,7-9,11-13H2,1-2H3,(H2,20,21);1H. The van der Waals surface area contributed by atoms with Gasteiger partial charge >= 0.3 is 0 Å². The molecule has 0 bridgehead atoms. The van der Waals surface area contributed by atoms with Gasteiger partial charge in [0.1, 0.15) is 11.9 Å². The van der Waals surface area contributed by atoms with Gasteiger partial charge < -0.3 is 20.1 Å².